The van der Waals surface area contributed by atoms with Crippen LogP contribution in [0.2, 0.25) is 0 Å². The van der Waals surface area contributed by atoms with Crippen molar-refractivity contribution in [3.63, 3.8) is 0 Å². The Morgan fingerprint density at radius 1 is 0.794 bits per heavy atom. The molecule has 0 bridgehead atoms. The third-order valence-corrected chi connectivity index (χ3v) is 6.68. The number of nitrogens with one attached hydrogen (secondary N) is 2. The minimum Gasteiger partial charge on any atom is -0.457 e. The lowest BCUT2D eigenvalue weighted by atomic mass is 10.2. The summed E-state index contributed by atoms with van der Waals surface area (Å²) in [6.07, 6.45) is 0. The highest BCUT2D eigenvalue weighted by molar-refractivity contribution is 7.92. The van der Waals surface area contributed by atoms with Crippen molar-refractivity contribution in [1.82, 2.24) is 9.78 Å². The Bertz CT molecular complexity index is 1610. The predicted molar refractivity (Wildman–Crippen MR) is 132 cm³/mol. The molecule has 34 heavy (non-hydrogen) atoms. The number of aromatic amines is 1. The third-order valence-electron chi connectivity index (χ3n) is 5.30. The Labute approximate surface area is 196 Å². The van der Waals surface area contributed by atoms with Crippen molar-refractivity contribution in [2.45, 2.75) is 11.4 Å². The summed E-state index contributed by atoms with van der Waals surface area (Å²) in [6, 6.07) is 30.0. The summed E-state index contributed by atoms with van der Waals surface area (Å²) >= 11 is 0. The molecule has 0 aliphatic carbocycles. The van der Waals surface area contributed by atoms with Gasteiger partial charge in [0.2, 0.25) is 0 Å². The number of benzene rings is 4. The summed E-state index contributed by atoms with van der Waals surface area (Å²) in [6.45, 7) is 0.499. The SMILES string of the molecule is O=c1[nH]n(Cc2ccccc2)c2ccc(NS(=O)(=O)c3cccc(Oc4ccccc4)c3)cc12. The molecule has 5 aromatic rings. The van der Waals surface area contributed by atoms with Gasteiger partial charge < -0.3 is 4.74 Å². The molecular formula is C26H21N3O4S. The Hall–Kier alpha value is -4.30. The molecule has 4 aromatic carbocycles. The number of fused-ring (bicyclic) bond motifs is 1. The van der Waals surface area contributed by atoms with Crippen LogP contribution >= 0.6 is 0 Å². The van der Waals surface area contributed by atoms with Gasteiger partial charge >= 0.3 is 0 Å². The molecule has 7 nitrogen and oxygen atoms in total. The first-order valence-electron chi connectivity index (χ1n) is 10.6. The third kappa shape index (κ3) is 4.57. The van der Waals surface area contributed by atoms with Crippen LogP contribution in [-0.4, -0.2) is 18.2 Å². The standard InChI is InChI=1S/C26H21N3O4S/c30-26-24-16-20(14-15-25(24)29(27-26)18-19-8-3-1-4-9-19)28-34(31,32)23-13-7-12-22(17-23)33-21-10-5-2-6-11-21/h1-17,28H,18H2,(H,27,30). The van der Waals surface area contributed by atoms with Gasteiger partial charge in [-0.25, -0.2) is 8.42 Å². The molecule has 0 aliphatic rings. The molecule has 170 valence electrons. The molecule has 0 atom stereocenters. The lowest BCUT2D eigenvalue weighted by Gasteiger charge is -2.11. The monoisotopic (exact) mass is 471 g/mol. The van der Waals surface area contributed by atoms with E-state index in [4.69, 9.17) is 4.74 Å². The molecule has 0 spiro atoms. The van der Waals surface area contributed by atoms with Gasteiger partial charge in [0.05, 0.1) is 22.3 Å². The molecule has 0 amide bonds. The number of hydrogen-bond donors (Lipinski definition) is 2. The van der Waals surface area contributed by atoms with E-state index in [1.54, 1.807) is 41.1 Å². The van der Waals surface area contributed by atoms with Gasteiger partial charge in [0.1, 0.15) is 11.5 Å². The van der Waals surface area contributed by atoms with Crippen LogP contribution in [0.5, 0.6) is 11.5 Å². The van der Waals surface area contributed by atoms with Gasteiger partial charge in [0.25, 0.3) is 15.6 Å². The van der Waals surface area contributed by atoms with E-state index in [1.807, 2.05) is 48.5 Å². The highest BCUT2D eigenvalue weighted by atomic mass is 32.2. The summed E-state index contributed by atoms with van der Waals surface area (Å²) < 4.78 is 36.1. The minimum absolute atomic E-state index is 0.0524. The van der Waals surface area contributed by atoms with Crippen LogP contribution in [0, 0.1) is 0 Å². The molecule has 8 heteroatoms. The lowest BCUT2D eigenvalue weighted by molar-refractivity contribution is 0.481. The molecule has 0 radical (unpaired) electrons. The smallest absolute Gasteiger partial charge is 0.272 e. The zero-order chi connectivity index (χ0) is 23.5. The topological polar surface area (TPSA) is 93.2 Å². The number of aromatic nitrogens is 2. The van der Waals surface area contributed by atoms with Crippen molar-refractivity contribution in [3.05, 3.63) is 119 Å². The fourth-order valence-corrected chi connectivity index (χ4v) is 4.78. The van der Waals surface area contributed by atoms with E-state index in [2.05, 4.69) is 9.82 Å². The number of ether oxygens (including phenoxy) is 1. The summed E-state index contributed by atoms with van der Waals surface area (Å²) in [5.41, 5.74) is 1.74. The number of hydrogen-bond acceptors (Lipinski definition) is 4. The number of nitrogens with zero attached hydrogens (tertiary/aromatic N) is 1. The fraction of sp³-hybridized carbons (Fsp3) is 0.0385. The molecule has 0 saturated heterocycles. The first kappa shape index (κ1) is 21.5. The average molecular weight is 472 g/mol. The number of H-pyrrole nitrogens is 1. The van der Waals surface area contributed by atoms with E-state index in [0.29, 0.717) is 34.6 Å². The van der Waals surface area contributed by atoms with Gasteiger partial charge in [-0.2, -0.15) is 0 Å². The number of sulfonamides is 1. The lowest BCUT2D eigenvalue weighted by Crippen LogP contribution is -2.13. The summed E-state index contributed by atoms with van der Waals surface area (Å²) in [7, 11) is -3.90. The van der Waals surface area contributed by atoms with Crippen LogP contribution in [0.25, 0.3) is 10.9 Å². The minimum atomic E-state index is -3.90. The predicted octanol–water partition coefficient (Wildman–Crippen LogP) is 4.97. The molecule has 2 N–H and O–H groups in total. The van der Waals surface area contributed by atoms with E-state index in [1.165, 1.54) is 18.2 Å². The van der Waals surface area contributed by atoms with Crippen molar-refractivity contribution in [3.8, 4) is 11.5 Å². The Morgan fingerprint density at radius 3 is 2.26 bits per heavy atom. The molecule has 1 aromatic heterocycles. The van der Waals surface area contributed by atoms with Crippen molar-refractivity contribution in [2.24, 2.45) is 0 Å². The Morgan fingerprint density at radius 2 is 1.50 bits per heavy atom. The molecular weight excluding hydrogens is 450 g/mol. The highest BCUT2D eigenvalue weighted by Crippen LogP contribution is 2.26. The van der Waals surface area contributed by atoms with Crippen LogP contribution in [-0.2, 0) is 16.6 Å². The normalized spacial score (nSPS) is 11.4. The van der Waals surface area contributed by atoms with Gasteiger partial charge in [-0.3, -0.25) is 19.3 Å². The Kier molecular flexibility index (Phi) is 5.65. The molecule has 0 aliphatic heterocycles. The van der Waals surface area contributed by atoms with Gasteiger partial charge in [-0.15, -0.1) is 0 Å². The molecule has 1 heterocycles. The van der Waals surface area contributed by atoms with Crippen molar-refractivity contribution in [2.75, 3.05) is 4.72 Å². The van der Waals surface area contributed by atoms with E-state index < -0.39 is 10.0 Å². The van der Waals surface area contributed by atoms with Crippen LogP contribution in [0.4, 0.5) is 5.69 Å². The fourth-order valence-electron chi connectivity index (χ4n) is 3.69. The van der Waals surface area contributed by atoms with Crippen LogP contribution < -0.4 is 15.0 Å². The average Bonchev–Trinajstić information content (AvgIpc) is 3.15. The van der Waals surface area contributed by atoms with Gasteiger partial charge in [0.15, 0.2) is 0 Å². The van der Waals surface area contributed by atoms with Gasteiger partial charge in [-0.05, 0) is 48.0 Å². The van der Waals surface area contributed by atoms with Crippen molar-refractivity contribution < 1.29 is 13.2 Å². The second kappa shape index (κ2) is 8.92. The van der Waals surface area contributed by atoms with E-state index in [9.17, 15) is 13.2 Å². The van der Waals surface area contributed by atoms with Crippen molar-refractivity contribution in [1.29, 1.82) is 0 Å². The quantitative estimate of drug-likeness (QED) is 0.350. The maximum absolute atomic E-state index is 13.0. The second-order valence-corrected chi connectivity index (χ2v) is 9.42. The van der Waals surface area contributed by atoms with E-state index >= 15 is 0 Å². The highest BCUT2D eigenvalue weighted by Gasteiger charge is 2.17. The molecule has 0 fully saturated rings. The number of anilines is 1. The van der Waals surface area contributed by atoms with Crippen LogP contribution in [0.1, 0.15) is 5.56 Å². The van der Waals surface area contributed by atoms with Gasteiger partial charge in [0, 0.05) is 11.8 Å². The number of para-hydroxylation sites is 1. The molecule has 5 rings (SSSR count). The molecule has 0 saturated carbocycles. The largest absolute Gasteiger partial charge is 0.457 e. The summed E-state index contributed by atoms with van der Waals surface area (Å²) in [4.78, 5) is 12.6. The van der Waals surface area contributed by atoms with Gasteiger partial charge in [-0.1, -0.05) is 54.6 Å². The Balaban J connectivity index is 1.40. The first-order valence-corrected chi connectivity index (χ1v) is 12.1. The van der Waals surface area contributed by atoms with E-state index in [0.717, 1.165) is 5.56 Å². The zero-order valence-corrected chi connectivity index (χ0v) is 18.8. The van der Waals surface area contributed by atoms with Crippen molar-refractivity contribution >= 4 is 26.6 Å². The van der Waals surface area contributed by atoms with Crippen LogP contribution in [0.15, 0.2) is 113 Å². The van der Waals surface area contributed by atoms with E-state index in [-0.39, 0.29) is 10.5 Å². The number of rotatable bonds is 7. The summed E-state index contributed by atoms with van der Waals surface area (Å²) in [5, 5.41) is 3.22. The zero-order valence-electron chi connectivity index (χ0n) is 18.0. The first-order chi connectivity index (χ1) is 16.5. The second-order valence-electron chi connectivity index (χ2n) is 7.74. The van der Waals surface area contributed by atoms with Crippen LogP contribution in [0.3, 0.4) is 0 Å². The maximum Gasteiger partial charge on any atom is 0.272 e. The molecule has 0 unspecified atom stereocenters. The maximum atomic E-state index is 13.0. The summed E-state index contributed by atoms with van der Waals surface area (Å²) in [5.74, 6) is 1.01.